The van der Waals surface area contributed by atoms with Gasteiger partial charge in [-0.3, -0.25) is 4.79 Å². The van der Waals surface area contributed by atoms with Crippen LogP contribution < -0.4 is 15.4 Å². The van der Waals surface area contributed by atoms with Crippen LogP contribution >= 0.6 is 0 Å². The normalized spacial score (nSPS) is 20.3. The highest BCUT2D eigenvalue weighted by Crippen LogP contribution is 2.35. The zero-order chi connectivity index (χ0) is 23.4. The number of fused-ring (bicyclic) bond motifs is 1. The minimum Gasteiger partial charge on any atom is -0.492 e. The first-order valence-corrected chi connectivity index (χ1v) is 11.0. The molecule has 2 aromatic rings. The van der Waals surface area contributed by atoms with Gasteiger partial charge in [-0.2, -0.15) is 0 Å². The lowest BCUT2D eigenvalue weighted by Gasteiger charge is -2.30. The van der Waals surface area contributed by atoms with Crippen molar-refractivity contribution in [3.05, 3.63) is 59.2 Å². The first-order chi connectivity index (χ1) is 15.9. The molecule has 176 valence electrons. The number of benzene rings is 2. The SMILES string of the molecule is CN1CCCC(COC(=O)N[C@H]2CCOc3c(C(=O)Nc4ccc(F)c(F)c4)cccc32)C1. The molecule has 0 saturated carbocycles. The minimum atomic E-state index is -1.05. The van der Waals surface area contributed by atoms with Gasteiger partial charge in [-0.15, -0.1) is 0 Å². The third-order valence-corrected chi connectivity index (χ3v) is 5.96. The van der Waals surface area contributed by atoms with Crippen molar-refractivity contribution in [2.45, 2.75) is 25.3 Å². The molecule has 0 aromatic heterocycles. The first-order valence-electron chi connectivity index (χ1n) is 11.0. The fourth-order valence-electron chi connectivity index (χ4n) is 4.31. The second-order valence-electron chi connectivity index (χ2n) is 8.51. The second kappa shape index (κ2) is 10.2. The molecule has 0 spiro atoms. The number of ether oxygens (including phenoxy) is 2. The molecule has 9 heteroatoms. The standard InChI is InChI=1S/C24H27F2N3O4/c1-29-10-3-4-15(13-29)14-33-24(31)28-21-9-11-32-22-17(21)5-2-6-18(22)23(30)27-16-7-8-19(25)20(26)12-16/h2,5-8,12,15,21H,3-4,9-11,13-14H2,1H3,(H,27,30)(H,28,31)/t15?,21-/m0/s1. The molecule has 1 fully saturated rings. The van der Waals surface area contributed by atoms with Gasteiger partial charge in [-0.05, 0) is 44.6 Å². The Morgan fingerprint density at radius 3 is 2.82 bits per heavy atom. The van der Waals surface area contributed by atoms with Crippen LogP contribution in [0.2, 0.25) is 0 Å². The van der Waals surface area contributed by atoms with Gasteiger partial charge in [0.2, 0.25) is 0 Å². The third-order valence-electron chi connectivity index (χ3n) is 5.96. The predicted octanol–water partition coefficient (Wildman–Crippen LogP) is 4.11. The van der Waals surface area contributed by atoms with E-state index in [0.717, 1.165) is 38.1 Å². The summed E-state index contributed by atoms with van der Waals surface area (Å²) in [6.07, 6.45) is 2.16. The van der Waals surface area contributed by atoms with Crippen LogP contribution in [0.4, 0.5) is 19.3 Å². The maximum atomic E-state index is 13.5. The van der Waals surface area contributed by atoms with E-state index >= 15 is 0 Å². The van der Waals surface area contributed by atoms with E-state index < -0.39 is 23.6 Å². The largest absolute Gasteiger partial charge is 0.492 e. The summed E-state index contributed by atoms with van der Waals surface area (Å²) in [7, 11) is 2.06. The van der Waals surface area contributed by atoms with Crippen LogP contribution in [-0.2, 0) is 4.74 Å². The summed E-state index contributed by atoms with van der Waals surface area (Å²) < 4.78 is 37.8. The van der Waals surface area contributed by atoms with Gasteiger partial charge < -0.3 is 25.0 Å². The summed E-state index contributed by atoms with van der Waals surface area (Å²) in [6.45, 7) is 2.64. The number of alkyl carbamates (subject to hydrolysis) is 1. The number of hydrogen-bond donors (Lipinski definition) is 2. The van der Waals surface area contributed by atoms with Gasteiger partial charge >= 0.3 is 6.09 Å². The number of likely N-dealkylation sites (tertiary alicyclic amines) is 1. The highest BCUT2D eigenvalue weighted by atomic mass is 19.2. The topological polar surface area (TPSA) is 79.9 Å². The van der Waals surface area contributed by atoms with E-state index in [1.54, 1.807) is 18.2 Å². The minimum absolute atomic E-state index is 0.124. The Bertz CT molecular complexity index is 1030. The molecule has 2 aliphatic heterocycles. The first kappa shape index (κ1) is 23.0. The van der Waals surface area contributed by atoms with E-state index in [1.165, 1.54) is 6.07 Å². The summed E-state index contributed by atoms with van der Waals surface area (Å²) in [6, 6.07) is 7.80. The third kappa shape index (κ3) is 5.60. The summed E-state index contributed by atoms with van der Waals surface area (Å²) in [5.41, 5.74) is 1.02. The molecule has 7 nitrogen and oxygen atoms in total. The summed E-state index contributed by atoms with van der Waals surface area (Å²) >= 11 is 0. The molecule has 2 amide bonds. The molecule has 1 unspecified atom stereocenters. The summed E-state index contributed by atoms with van der Waals surface area (Å²) in [5.74, 6) is -1.90. The number of rotatable bonds is 5. The van der Waals surface area contributed by atoms with Crippen molar-refractivity contribution >= 4 is 17.7 Å². The van der Waals surface area contributed by atoms with Crippen molar-refractivity contribution < 1.29 is 27.8 Å². The molecule has 2 aliphatic rings. The van der Waals surface area contributed by atoms with Crippen LogP contribution in [0.25, 0.3) is 0 Å². The van der Waals surface area contributed by atoms with Crippen molar-refractivity contribution in [2.75, 3.05) is 38.7 Å². The number of amides is 2. The number of anilines is 1. The van der Waals surface area contributed by atoms with Gasteiger partial charge in [-0.1, -0.05) is 12.1 Å². The molecular weight excluding hydrogens is 432 g/mol. The van der Waals surface area contributed by atoms with Crippen LogP contribution in [0.1, 0.15) is 41.2 Å². The zero-order valence-electron chi connectivity index (χ0n) is 18.4. The van der Waals surface area contributed by atoms with E-state index in [2.05, 4.69) is 22.6 Å². The summed E-state index contributed by atoms with van der Waals surface area (Å²) in [5, 5.41) is 5.43. The monoisotopic (exact) mass is 459 g/mol. The molecule has 2 N–H and O–H groups in total. The molecule has 0 radical (unpaired) electrons. The average Bonchev–Trinajstić information content (AvgIpc) is 2.80. The molecule has 1 saturated heterocycles. The predicted molar refractivity (Wildman–Crippen MR) is 118 cm³/mol. The van der Waals surface area contributed by atoms with Gasteiger partial charge in [0.1, 0.15) is 5.75 Å². The summed E-state index contributed by atoms with van der Waals surface area (Å²) in [4.78, 5) is 27.5. The maximum Gasteiger partial charge on any atom is 0.407 e. The van der Waals surface area contributed by atoms with E-state index in [4.69, 9.17) is 9.47 Å². The zero-order valence-corrected chi connectivity index (χ0v) is 18.4. The highest BCUT2D eigenvalue weighted by Gasteiger charge is 2.28. The Balaban J connectivity index is 1.41. The number of nitrogens with zero attached hydrogens (tertiary/aromatic N) is 1. The number of hydrogen-bond acceptors (Lipinski definition) is 5. The van der Waals surface area contributed by atoms with E-state index in [1.807, 2.05) is 0 Å². The number of carbonyl (C=O) groups excluding carboxylic acids is 2. The Hall–Kier alpha value is -3.20. The Kier molecular flexibility index (Phi) is 7.08. The fourth-order valence-corrected chi connectivity index (χ4v) is 4.31. The van der Waals surface area contributed by atoms with Crippen molar-refractivity contribution in [3.63, 3.8) is 0 Å². The number of piperidine rings is 1. The second-order valence-corrected chi connectivity index (χ2v) is 8.51. The quantitative estimate of drug-likeness (QED) is 0.704. The maximum absolute atomic E-state index is 13.5. The highest BCUT2D eigenvalue weighted by molar-refractivity contribution is 6.06. The number of nitrogens with one attached hydrogen (secondary N) is 2. The molecule has 2 heterocycles. The van der Waals surface area contributed by atoms with Crippen LogP contribution in [-0.4, -0.2) is 50.3 Å². The molecule has 2 atom stereocenters. The number of carbonyl (C=O) groups is 2. The fraction of sp³-hybridized carbons (Fsp3) is 0.417. The van der Waals surface area contributed by atoms with Crippen molar-refractivity contribution in [1.29, 1.82) is 0 Å². The van der Waals surface area contributed by atoms with Crippen molar-refractivity contribution in [3.8, 4) is 5.75 Å². The lowest BCUT2D eigenvalue weighted by atomic mass is 9.97. The Morgan fingerprint density at radius 1 is 1.18 bits per heavy atom. The van der Waals surface area contributed by atoms with E-state index in [9.17, 15) is 18.4 Å². The van der Waals surface area contributed by atoms with Gasteiger partial charge in [0, 0.05) is 36.2 Å². The molecule has 0 aliphatic carbocycles. The molecule has 2 aromatic carbocycles. The van der Waals surface area contributed by atoms with Crippen LogP contribution in [0.3, 0.4) is 0 Å². The van der Waals surface area contributed by atoms with Crippen LogP contribution in [0, 0.1) is 17.6 Å². The van der Waals surface area contributed by atoms with Crippen molar-refractivity contribution in [1.82, 2.24) is 10.2 Å². The lowest BCUT2D eigenvalue weighted by Crippen LogP contribution is -2.37. The average molecular weight is 459 g/mol. The number of para-hydroxylation sites is 1. The Morgan fingerprint density at radius 2 is 2.03 bits per heavy atom. The lowest BCUT2D eigenvalue weighted by molar-refractivity contribution is 0.0938. The smallest absolute Gasteiger partial charge is 0.407 e. The molecule has 0 bridgehead atoms. The van der Waals surface area contributed by atoms with Gasteiger partial charge in [0.15, 0.2) is 11.6 Å². The molecule has 4 rings (SSSR count). The van der Waals surface area contributed by atoms with Gasteiger partial charge in [0.05, 0.1) is 24.8 Å². The van der Waals surface area contributed by atoms with Crippen molar-refractivity contribution in [2.24, 2.45) is 5.92 Å². The van der Waals surface area contributed by atoms with Gasteiger partial charge in [-0.25, -0.2) is 13.6 Å². The van der Waals surface area contributed by atoms with Crippen LogP contribution in [0.15, 0.2) is 36.4 Å². The van der Waals surface area contributed by atoms with Gasteiger partial charge in [0.25, 0.3) is 5.91 Å². The van der Waals surface area contributed by atoms with E-state index in [0.29, 0.717) is 36.9 Å². The van der Waals surface area contributed by atoms with Crippen LogP contribution in [0.5, 0.6) is 5.75 Å². The number of halogens is 2. The molecule has 33 heavy (non-hydrogen) atoms. The molecular formula is C24H27F2N3O4. The van der Waals surface area contributed by atoms with E-state index in [-0.39, 0.29) is 17.3 Å². The Labute approximate surface area is 191 Å².